The highest BCUT2D eigenvalue weighted by Gasteiger charge is 2.37. The van der Waals surface area contributed by atoms with Crippen LogP contribution in [0.4, 0.5) is 32.2 Å². The molecule has 0 aliphatic heterocycles. The molecule has 1 saturated carbocycles. The fraction of sp³-hybridized carbons (Fsp3) is 0.312. The molecule has 3 N–H and O–H groups in total. The van der Waals surface area contributed by atoms with Crippen LogP contribution in [0.15, 0.2) is 60.7 Å². The number of nitrogens with two attached hydrogens (primary N) is 1. The predicted molar refractivity (Wildman–Crippen MR) is 158 cm³/mol. The Balaban J connectivity index is 1.38. The molecule has 0 saturated heterocycles. The third-order valence-electron chi connectivity index (χ3n) is 7.72. The van der Waals surface area contributed by atoms with Crippen molar-refractivity contribution in [3.8, 4) is 11.1 Å². The van der Waals surface area contributed by atoms with Crippen molar-refractivity contribution in [1.29, 1.82) is 0 Å². The zero-order chi connectivity index (χ0) is 30.8. The number of hydrogen-bond acceptors (Lipinski definition) is 4. The van der Waals surface area contributed by atoms with E-state index in [0.29, 0.717) is 58.3 Å². The molecule has 3 aromatic carbocycles. The molecule has 226 valence electrons. The van der Waals surface area contributed by atoms with Crippen LogP contribution in [0.1, 0.15) is 48.2 Å². The summed E-state index contributed by atoms with van der Waals surface area (Å²) in [5.74, 6) is 2.11. The van der Waals surface area contributed by atoms with E-state index in [1.165, 1.54) is 12.1 Å². The fourth-order valence-electron chi connectivity index (χ4n) is 5.45. The van der Waals surface area contributed by atoms with Gasteiger partial charge in [0, 0.05) is 17.0 Å². The quantitative estimate of drug-likeness (QED) is 0.203. The molecule has 2 atom stereocenters. The first-order chi connectivity index (χ1) is 20.4. The topological polar surface area (TPSA) is 63.8 Å². The maximum Gasteiger partial charge on any atom is 0.416 e. The third-order valence-corrected chi connectivity index (χ3v) is 7.95. The van der Waals surface area contributed by atoms with Crippen LogP contribution in [-0.2, 0) is 12.4 Å². The van der Waals surface area contributed by atoms with E-state index in [4.69, 9.17) is 22.3 Å². The summed E-state index contributed by atoms with van der Waals surface area (Å²) in [6, 6.07) is 13.1. The molecule has 1 heterocycles. The van der Waals surface area contributed by atoms with Crippen LogP contribution in [0.5, 0.6) is 0 Å². The number of rotatable bonds is 7. The van der Waals surface area contributed by atoms with Crippen LogP contribution in [0, 0.1) is 11.8 Å². The molecule has 11 heteroatoms. The van der Waals surface area contributed by atoms with Gasteiger partial charge in [0.15, 0.2) is 5.82 Å². The molecular weight excluding hydrogens is 590 g/mol. The molecule has 5 rings (SSSR count). The second-order valence-electron chi connectivity index (χ2n) is 10.9. The van der Waals surface area contributed by atoms with E-state index in [0.717, 1.165) is 37.6 Å². The van der Waals surface area contributed by atoms with Crippen LogP contribution in [-0.4, -0.2) is 23.1 Å². The van der Waals surface area contributed by atoms with Gasteiger partial charge in [0.1, 0.15) is 5.82 Å². The second-order valence-corrected chi connectivity index (χ2v) is 11.3. The summed E-state index contributed by atoms with van der Waals surface area (Å²) in [5.41, 5.74) is 4.54. The zero-order valence-corrected chi connectivity index (χ0v) is 23.7. The highest BCUT2D eigenvalue weighted by molar-refractivity contribution is 6.31. The lowest BCUT2D eigenvalue weighted by atomic mass is 9.81. The first-order valence-corrected chi connectivity index (χ1v) is 14.3. The van der Waals surface area contributed by atoms with Crippen molar-refractivity contribution in [3.05, 3.63) is 88.2 Å². The van der Waals surface area contributed by atoms with Crippen molar-refractivity contribution >= 4 is 40.5 Å². The molecule has 0 amide bonds. The summed E-state index contributed by atoms with van der Waals surface area (Å²) in [6.45, 7) is 1.44. The molecule has 2 unspecified atom stereocenters. The van der Waals surface area contributed by atoms with Gasteiger partial charge in [0.05, 0.1) is 16.6 Å². The Bertz CT molecular complexity index is 1580. The Morgan fingerprint density at radius 1 is 0.814 bits per heavy atom. The average Bonchev–Trinajstić information content (AvgIpc) is 2.98. The monoisotopic (exact) mass is 618 g/mol. The van der Waals surface area contributed by atoms with Gasteiger partial charge < -0.3 is 11.1 Å². The summed E-state index contributed by atoms with van der Waals surface area (Å²) >= 11 is 6.23. The van der Waals surface area contributed by atoms with Gasteiger partial charge in [-0.2, -0.15) is 26.3 Å². The molecular formula is C32H29ClF6N4. The summed E-state index contributed by atoms with van der Waals surface area (Å²) in [6.07, 6.45) is -1.92. The number of hydrogen-bond donors (Lipinski definition) is 2. The van der Waals surface area contributed by atoms with Crippen molar-refractivity contribution in [2.45, 2.75) is 38.0 Å². The van der Waals surface area contributed by atoms with E-state index in [1.807, 2.05) is 6.07 Å². The number of benzene rings is 3. The van der Waals surface area contributed by atoms with Crippen LogP contribution in [0.3, 0.4) is 0 Å². The predicted octanol–water partition coefficient (Wildman–Crippen LogP) is 9.34. The molecule has 4 aromatic rings. The average molecular weight is 619 g/mol. The van der Waals surface area contributed by atoms with Crippen LogP contribution < -0.4 is 11.1 Å². The molecule has 0 radical (unpaired) electrons. The minimum Gasteiger partial charge on any atom is -0.369 e. The van der Waals surface area contributed by atoms with Crippen molar-refractivity contribution in [3.63, 3.8) is 0 Å². The van der Waals surface area contributed by atoms with Gasteiger partial charge in [-0.25, -0.2) is 9.97 Å². The van der Waals surface area contributed by atoms with Crippen LogP contribution in [0.25, 0.3) is 34.2 Å². The third kappa shape index (κ3) is 7.67. The largest absolute Gasteiger partial charge is 0.416 e. The summed E-state index contributed by atoms with van der Waals surface area (Å²) in [5, 5.41) is 4.85. The molecule has 0 bridgehead atoms. The Hall–Kier alpha value is -3.63. The van der Waals surface area contributed by atoms with Crippen molar-refractivity contribution in [1.82, 2.24) is 9.97 Å². The molecule has 1 aliphatic carbocycles. The Labute approximate surface area is 250 Å². The standard InChI is InChI=1S/C32H29ClF6N4/c33-26-9-10-27-28(16-26)42-29(43-30(27)41-18-21-3-1-2-20(12-21)17-40)11-6-19-4-7-22(8-5-19)23-13-24(31(34,35)36)15-25(14-23)32(37,38)39/h4-11,13-16,20-21H,1-3,12,17-18,40H2,(H,41,42,43). The van der Waals surface area contributed by atoms with Gasteiger partial charge in [-0.1, -0.05) is 48.4 Å². The lowest BCUT2D eigenvalue weighted by molar-refractivity contribution is -0.143. The fourth-order valence-corrected chi connectivity index (χ4v) is 5.62. The first-order valence-electron chi connectivity index (χ1n) is 13.9. The Kier molecular flexibility index (Phi) is 8.99. The van der Waals surface area contributed by atoms with Gasteiger partial charge >= 0.3 is 12.4 Å². The van der Waals surface area contributed by atoms with E-state index in [-0.39, 0.29) is 17.2 Å². The van der Waals surface area contributed by atoms with E-state index in [1.54, 1.807) is 36.4 Å². The first kappa shape index (κ1) is 30.8. The number of alkyl halides is 6. The van der Waals surface area contributed by atoms with Gasteiger partial charge in [-0.05, 0) is 96.8 Å². The molecule has 1 fully saturated rings. The summed E-state index contributed by atoms with van der Waals surface area (Å²) < 4.78 is 79.8. The summed E-state index contributed by atoms with van der Waals surface area (Å²) in [7, 11) is 0. The number of fused-ring (bicyclic) bond motifs is 1. The van der Waals surface area contributed by atoms with Crippen LogP contribution in [0.2, 0.25) is 5.02 Å². The lowest BCUT2D eigenvalue weighted by Crippen LogP contribution is -2.26. The number of halogens is 7. The maximum atomic E-state index is 13.3. The van der Waals surface area contributed by atoms with Crippen molar-refractivity contribution in [2.24, 2.45) is 17.6 Å². The highest BCUT2D eigenvalue weighted by atomic mass is 35.5. The lowest BCUT2D eigenvalue weighted by Gasteiger charge is -2.28. The van der Waals surface area contributed by atoms with E-state index >= 15 is 0 Å². The normalized spacial score (nSPS) is 18.0. The smallest absolute Gasteiger partial charge is 0.369 e. The number of nitrogens with one attached hydrogen (secondary N) is 1. The Morgan fingerprint density at radius 3 is 2.14 bits per heavy atom. The van der Waals surface area contributed by atoms with E-state index in [9.17, 15) is 26.3 Å². The van der Waals surface area contributed by atoms with Gasteiger partial charge in [-0.15, -0.1) is 0 Å². The molecule has 1 aliphatic rings. The second kappa shape index (κ2) is 12.5. The number of aromatic nitrogens is 2. The van der Waals surface area contributed by atoms with E-state index in [2.05, 4.69) is 10.3 Å². The molecule has 0 spiro atoms. The van der Waals surface area contributed by atoms with E-state index < -0.39 is 23.5 Å². The molecule has 43 heavy (non-hydrogen) atoms. The van der Waals surface area contributed by atoms with Gasteiger partial charge in [0.25, 0.3) is 0 Å². The van der Waals surface area contributed by atoms with Gasteiger partial charge in [0.2, 0.25) is 0 Å². The zero-order valence-electron chi connectivity index (χ0n) is 22.9. The molecule has 1 aromatic heterocycles. The Morgan fingerprint density at radius 2 is 1.49 bits per heavy atom. The van der Waals surface area contributed by atoms with Crippen LogP contribution >= 0.6 is 11.6 Å². The van der Waals surface area contributed by atoms with Crippen molar-refractivity contribution < 1.29 is 26.3 Å². The minimum absolute atomic E-state index is 0.118. The molecule has 4 nitrogen and oxygen atoms in total. The summed E-state index contributed by atoms with van der Waals surface area (Å²) in [4.78, 5) is 9.32. The minimum atomic E-state index is -4.92. The highest BCUT2D eigenvalue weighted by Crippen LogP contribution is 2.39. The maximum absolute atomic E-state index is 13.3. The SMILES string of the molecule is NCC1CCCC(CNc2nc(C=Cc3ccc(-c4cc(C(F)(F)F)cc(C(F)(F)F)c4)cc3)nc3cc(Cl)ccc23)C1. The number of anilines is 1. The van der Waals surface area contributed by atoms with Crippen molar-refractivity contribution in [2.75, 3.05) is 18.4 Å². The number of nitrogens with zero attached hydrogens (tertiary/aromatic N) is 2. The van der Waals surface area contributed by atoms with Gasteiger partial charge in [-0.3, -0.25) is 0 Å².